The Morgan fingerprint density at radius 1 is 1.27 bits per heavy atom. The average molecular weight is 199 g/mol. The molecule has 2 aromatic rings. The van der Waals surface area contributed by atoms with Gasteiger partial charge in [0.05, 0.1) is 0 Å². The lowest BCUT2D eigenvalue weighted by molar-refractivity contribution is -0.131. The summed E-state index contributed by atoms with van der Waals surface area (Å²) in [6.07, 6.45) is 6.18. The fourth-order valence-corrected chi connectivity index (χ4v) is 1.37. The fraction of sp³-hybridized carbons (Fsp3) is 0. The van der Waals surface area contributed by atoms with Gasteiger partial charge in [0.25, 0.3) is 0 Å². The van der Waals surface area contributed by atoms with Crippen molar-refractivity contribution in [2.45, 2.75) is 0 Å². The van der Waals surface area contributed by atoms with Crippen LogP contribution >= 0.6 is 0 Å². The van der Waals surface area contributed by atoms with Crippen molar-refractivity contribution in [3.8, 4) is 0 Å². The maximum absolute atomic E-state index is 10.3. The normalized spacial score (nSPS) is 10.9. The summed E-state index contributed by atoms with van der Waals surface area (Å²) in [5, 5.41) is 10.6. The van der Waals surface area contributed by atoms with Gasteiger partial charge in [-0.1, -0.05) is 12.1 Å². The third-order valence-electron chi connectivity index (χ3n) is 2.08. The molecule has 0 spiro atoms. The van der Waals surface area contributed by atoms with Crippen LogP contribution in [0.25, 0.3) is 16.8 Å². The number of aromatic nitrogens is 1. The number of hydrogen-bond donors (Lipinski definition) is 1. The molecule has 0 amide bonds. The number of rotatable bonds is 2. The predicted molar refractivity (Wildman–Crippen MR) is 58.4 cm³/mol. The minimum atomic E-state index is -0.943. The molecule has 0 aliphatic rings. The van der Waals surface area contributed by atoms with E-state index in [0.717, 1.165) is 22.4 Å². The summed E-state index contributed by atoms with van der Waals surface area (Å²) in [4.78, 5) is 14.3. The Bertz CT molecular complexity index is 532. The third kappa shape index (κ3) is 2.20. The van der Waals surface area contributed by atoms with Crippen molar-refractivity contribution < 1.29 is 9.90 Å². The zero-order valence-electron chi connectivity index (χ0n) is 7.92. The number of hydrogen-bond acceptors (Lipinski definition) is 2. The molecule has 0 aliphatic heterocycles. The second-order valence-corrected chi connectivity index (χ2v) is 3.15. The summed E-state index contributed by atoms with van der Waals surface area (Å²) >= 11 is 0. The second-order valence-electron chi connectivity index (χ2n) is 3.15. The molecular weight excluding hydrogens is 190 g/mol. The first kappa shape index (κ1) is 9.40. The van der Waals surface area contributed by atoms with Crippen LogP contribution in [-0.2, 0) is 4.79 Å². The fourth-order valence-electron chi connectivity index (χ4n) is 1.37. The van der Waals surface area contributed by atoms with Crippen molar-refractivity contribution >= 4 is 22.8 Å². The number of pyridine rings is 1. The van der Waals surface area contributed by atoms with Gasteiger partial charge in [-0.15, -0.1) is 0 Å². The maximum Gasteiger partial charge on any atom is 0.328 e. The van der Waals surface area contributed by atoms with Crippen molar-refractivity contribution in [3.63, 3.8) is 0 Å². The van der Waals surface area contributed by atoms with E-state index < -0.39 is 5.97 Å². The molecular formula is C12H9NO2. The molecule has 0 saturated heterocycles. The van der Waals surface area contributed by atoms with Crippen molar-refractivity contribution in [1.82, 2.24) is 4.98 Å². The molecule has 0 bridgehead atoms. The number of aliphatic carboxylic acids is 1. The van der Waals surface area contributed by atoms with Gasteiger partial charge in [0.15, 0.2) is 0 Å². The van der Waals surface area contributed by atoms with Gasteiger partial charge in [0, 0.05) is 23.9 Å². The Kier molecular flexibility index (Phi) is 2.46. The van der Waals surface area contributed by atoms with Gasteiger partial charge in [-0.25, -0.2) is 4.79 Å². The highest BCUT2D eigenvalue weighted by molar-refractivity contribution is 5.88. The highest BCUT2D eigenvalue weighted by Gasteiger charge is 1.94. The first-order valence-electron chi connectivity index (χ1n) is 4.50. The van der Waals surface area contributed by atoms with Crippen molar-refractivity contribution in [2.75, 3.05) is 0 Å². The Hall–Kier alpha value is -2.16. The molecule has 1 N–H and O–H groups in total. The molecule has 0 atom stereocenters. The van der Waals surface area contributed by atoms with Gasteiger partial charge in [-0.05, 0) is 29.2 Å². The Morgan fingerprint density at radius 3 is 2.93 bits per heavy atom. The molecule has 1 aromatic heterocycles. The number of carboxylic acids is 1. The SMILES string of the molecule is O=C(O)C=Cc1ccc2ccncc2c1. The summed E-state index contributed by atoms with van der Waals surface area (Å²) in [7, 11) is 0. The van der Waals surface area contributed by atoms with Gasteiger partial charge >= 0.3 is 5.97 Å². The topological polar surface area (TPSA) is 50.2 Å². The first-order chi connectivity index (χ1) is 7.25. The smallest absolute Gasteiger partial charge is 0.328 e. The molecule has 1 aromatic carbocycles. The van der Waals surface area contributed by atoms with Crippen LogP contribution < -0.4 is 0 Å². The molecule has 15 heavy (non-hydrogen) atoms. The lowest BCUT2D eigenvalue weighted by atomic mass is 10.1. The maximum atomic E-state index is 10.3. The van der Waals surface area contributed by atoms with Crippen LogP contribution in [0.2, 0.25) is 0 Å². The molecule has 0 aliphatic carbocycles. The summed E-state index contributed by atoms with van der Waals surface area (Å²) in [5.74, 6) is -0.943. The van der Waals surface area contributed by atoms with E-state index in [0.29, 0.717) is 0 Å². The van der Waals surface area contributed by atoms with E-state index in [4.69, 9.17) is 5.11 Å². The second kappa shape index (κ2) is 3.92. The van der Waals surface area contributed by atoms with Gasteiger partial charge in [0.1, 0.15) is 0 Å². The molecule has 1 heterocycles. The monoisotopic (exact) mass is 199 g/mol. The van der Waals surface area contributed by atoms with Gasteiger partial charge in [-0.2, -0.15) is 0 Å². The van der Waals surface area contributed by atoms with Crippen LogP contribution in [0.1, 0.15) is 5.56 Å². The molecule has 2 rings (SSSR count). The van der Waals surface area contributed by atoms with Crippen LogP contribution in [-0.4, -0.2) is 16.1 Å². The van der Waals surface area contributed by atoms with Crippen molar-refractivity contribution in [2.24, 2.45) is 0 Å². The quantitative estimate of drug-likeness (QED) is 0.755. The minimum Gasteiger partial charge on any atom is -0.478 e. The van der Waals surface area contributed by atoms with E-state index in [9.17, 15) is 4.79 Å². The largest absolute Gasteiger partial charge is 0.478 e. The number of fused-ring (bicyclic) bond motifs is 1. The summed E-state index contributed by atoms with van der Waals surface area (Å²) in [6, 6.07) is 7.64. The zero-order valence-corrected chi connectivity index (χ0v) is 7.92. The van der Waals surface area contributed by atoms with E-state index in [1.807, 2.05) is 24.3 Å². The lowest BCUT2D eigenvalue weighted by Crippen LogP contribution is -1.85. The standard InChI is InChI=1S/C12H9NO2/c14-12(15)4-2-9-1-3-10-5-6-13-8-11(10)7-9/h1-8H,(H,14,15). The van der Waals surface area contributed by atoms with Gasteiger partial charge in [-0.3, -0.25) is 4.98 Å². The Morgan fingerprint density at radius 2 is 2.13 bits per heavy atom. The van der Waals surface area contributed by atoms with Crippen LogP contribution in [0.4, 0.5) is 0 Å². The number of benzene rings is 1. The average Bonchev–Trinajstić information content (AvgIpc) is 2.26. The highest BCUT2D eigenvalue weighted by Crippen LogP contribution is 2.15. The highest BCUT2D eigenvalue weighted by atomic mass is 16.4. The van der Waals surface area contributed by atoms with E-state index in [1.54, 1.807) is 18.5 Å². The van der Waals surface area contributed by atoms with E-state index in [2.05, 4.69) is 4.98 Å². The van der Waals surface area contributed by atoms with Crippen LogP contribution in [0, 0.1) is 0 Å². The predicted octanol–water partition coefficient (Wildman–Crippen LogP) is 2.33. The van der Waals surface area contributed by atoms with E-state index >= 15 is 0 Å². The number of carboxylic acid groups (broad SMARTS) is 1. The van der Waals surface area contributed by atoms with Gasteiger partial charge < -0.3 is 5.11 Å². The lowest BCUT2D eigenvalue weighted by Gasteiger charge is -1.97. The molecule has 0 fully saturated rings. The summed E-state index contributed by atoms with van der Waals surface area (Å²) in [5.41, 5.74) is 0.859. The molecule has 3 heteroatoms. The summed E-state index contributed by atoms with van der Waals surface area (Å²) < 4.78 is 0. The van der Waals surface area contributed by atoms with Crippen molar-refractivity contribution in [3.05, 3.63) is 48.3 Å². The molecule has 74 valence electrons. The molecule has 0 unspecified atom stereocenters. The minimum absolute atomic E-state index is 0.859. The summed E-state index contributed by atoms with van der Waals surface area (Å²) in [6.45, 7) is 0. The molecule has 3 nitrogen and oxygen atoms in total. The molecule has 0 saturated carbocycles. The van der Waals surface area contributed by atoms with Crippen LogP contribution in [0.15, 0.2) is 42.7 Å². The van der Waals surface area contributed by atoms with Crippen LogP contribution in [0.5, 0.6) is 0 Å². The van der Waals surface area contributed by atoms with Crippen LogP contribution in [0.3, 0.4) is 0 Å². The number of nitrogens with zero attached hydrogens (tertiary/aromatic N) is 1. The Balaban J connectivity index is 2.43. The number of carbonyl (C=O) groups is 1. The first-order valence-corrected chi connectivity index (χ1v) is 4.50. The van der Waals surface area contributed by atoms with Crippen molar-refractivity contribution in [1.29, 1.82) is 0 Å². The Labute approximate surface area is 86.7 Å². The molecule has 0 radical (unpaired) electrons. The van der Waals surface area contributed by atoms with E-state index in [-0.39, 0.29) is 0 Å². The van der Waals surface area contributed by atoms with E-state index in [1.165, 1.54) is 0 Å². The third-order valence-corrected chi connectivity index (χ3v) is 2.08. The van der Waals surface area contributed by atoms with Gasteiger partial charge in [0.2, 0.25) is 0 Å². The zero-order chi connectivity index (χ0) is 10.7.